The smallest absolute Gasteiger partial charge is 0.224 e. The number of amides is 1. The van der Waals surface area contributed by atoms with Crippen molar-refractivity contribution in [2.24, 2.45) is 5.73 Å². The van der Waals surface area contributed by atoms with E-state index >= 15 is 0 Å². The van der Waals surface area contributed by atoms with Crippen LogP contribution in [0.4, 0.5) is 0 Å². The molecule has 1 heterocycles. The van der Waals surface area contributed by atoms with E-state index in [-0.39, 0.29) is 5.91 Å². The Balaban J connectivity index is 2.27. The molecule has 14 heavy (non-hydrogen) atoms. The predicted molar refractivity (Wildman–Crippen MR) is 54.6 cm³/mol. The first-order valence-electron chi connectivity index (χ1n) is 4.68. The lowest BCUT2D eigenvalue weighted by Gasteiger charge is -2.03. The van der Waals surface area contributed by atoms with E-state index < -0.39 is 0 Å². The minimum Gasteiger partial charge on any atom is -0.356 e. The van der Waals surface area contributed by atoms with Crippen LogP contribution in [0.1, 0.15) is 12.0 Å². The van der Waals surface area contributed by atoms with Gasteiger partial charge in [0, 0.05) is 18.9 Å². The molecular weight excluding hydrogens is 178 g/mol. The quantitative estimate of drug-likeness (QED) is 0.651. The Morgan fingerprint density at radius 3 is 3.07 bits per heavy atom. The Morgan fingerprint density at radius 2 is 2.43 bits per heavy atom. The number of pyridine rings is 1. The number of hydrogen-bond donors (Lipinski definition) is 2. The average molecular weight is 193 g/mol. The van der Waals surface area contributed by atoms with Crippen molar-refractivity contribution in [3.05, 3.63) is 30.1 Å². The van der Waals surface area contributed by atoms with Crippen molar-refractivity contribution >= 4 is 5.91 Å². The lowest BCUT2D eigenvalue weighted by molar-refractivity contribution is -0.120. The van der Waals surface area contributed by atoms with E-state index in [4.69, 9.17) is 5.73 Å². The molecule has 0 aliphatic carbocycles. The maximum absolute atomic E-state index is 11.3. The monoisotopic (exact) mass is 193 g/mol. The Hall–Kier alpha value is -1.42. The molecule has 1 rings (SSSR count). The second kappa shape index (κ2) is 6.10. The molecule has 0 saturated heterocycles. The van der Waals surface area contributed by atoms with Crippen LogP contribution in [-0.4, -0.2) is 24.0 Å². The number of nitrogens with zero attached hydrogens (tertiary/aromatic N) is 1. The van der Waals surface area contributed by atoms with E-state index in [0.717, 1.165) is 12.0 Å². The summed E-state index contributed by atoms with van der Waals surface area (Å²) in [5, 5.41) is 2.79. The summed E-state index contributed by atoms with van der Waals surface area (Å²) >= 11 is 0. The highest BCUT2D eigenvalue weighted by Gasteiger charge is 2.01. The van der Waals surface area contributed by atoms with Gasteiger partial charge in [0.2, 0.25) is 5.91 Å². The number of nitrogens with one attached hydrogen (secondary N) is 1. The summed E-state index contributed by atoms with van der Waals surface area (Å²) < 4.78 is 0. The summed E-state index contributed by atoms with van der Waals surface area (Å²) in [7, 11) is 0. The summed E-state index contributed by atoms with van der Waals surface area (Å²) in [5.74, 6) is 0.0199. The van der Waals surface area contributed by atoms with Crippen LogP contribution in [0.5, 0.6) is 0 Å². The normalized spacial score (nSPS) is 9.79. The molecule has 0 aromatic carbocycles. The lowest BCUT2D eigenvalue weighted by atomic mass is 10.2. The highest BCUT2D eigenvalue weighted by atomic mass is 16.1. The fourth-order valence-electron chi connectivity index (χ4n) is 1.08. The summed E-state index contributed by atoms with van der Waals surface area (Å²) in [6.07, 6.45) is 4.59. The van der Waals surface area contributed by atoms with Gasteiger partial charge in [-0.05, 0) is 24.6 Å². The van der Waals surface area contributed by atoms with Gasteiger partial charge in [-0.1, -0.05) is 6.07 Å². The molecule has 1 aromatic rings. The van der Waals surface area contributed by atoms with Gasteiger partial charge in [0.25, 0.3) is 0 Å². The van der Waals surface area contributed by atoms with Gasteiger partial charge in [0.05, 0.1) is 6.42 Å². The highest BCUT2D eigenvalue weighted by molar-refractivity contribution is 5.78. The predicted octanol–water partition coefficient (Wildman–Crippen LogP) is 0.0891. The van der Waals surface area contributed by atoms with Crippen LogP contribution < -0.4 is 11.1 Å². The van der Waals surface area contributed by atoms with Gasteiger partial charge in [-0.3, -0.25) is 9.78 Å². The van der Waals surface area contributed by atoms with Crippen LogP contribution in [0.3, 0.4) is 0 Å². The number of nitrogens with two attached hydrogens (primary N) is 1. The van der Waals surface area contributed by atoms with Gasteiger partial charge in [0.15, 0.2) is 0 Å². The number of hydrogen-bond acceptors (Lipinski definition) is 3. The van der Waals surface area contributed by atoms with Crippen molar-refractivity contribution in [3.63, 3.8) is 0 Å². The number of carbonyl (C=O) groups is 1. The van der Waals surface area contributed by atoms with Gasteiger partial charge in [-0.25, -0.2) is 0 Å². The van der Waals surface area contributed by atoms with Crippen LogP contribution in [0, 0.1) is 0 Å². The molecule has 3 N–H and O–H groups in total. The molecule has 1 aromatic heterocycles. The second-order valence-corrected chi connectivity index (χ2v) is 3.03. The van der Waals surface area contributed by atoms with E-state index in [9.17, 15) is 4.79 Å². The largest absolute Gasteiger partial charge is 0.356 e. The topological polar surface area (TPSA) is 68.0 Å². The summed E-state index contributed by atoms with van der Waals surface area (Å²) in [5.41, 5.74) is 6.23. The molecule has 76 valence electrons. The number of rotatable bonds is 5. The van der Waals surface area contributed by atoms with Crippen molar-refractivity contribution < 1.29 is 4.79 Å². The molecular formula is C10H15N3O. The maximum Gasteiger partial charge on any atom is 0.224 e. The summed E-state index contributed by atoms with van der Waals surface area (Å²) in [6.45, 7) is 1.25. The first-order chi connectivity index (χ1) is 6.83. The molecule has 0 bridgehead atoms. The Morgan fingerprint density at radius 1 is 1.57 bits per heavy atom. The van der Waals surface area contributed by atoms with Crippen LogP contribution in [0.2, 0.25) is 0 Å². The van der Waals surface area contributed by atoms with Gasteiger partial charge >= 0.3 is 0 Å². The van der Waals surface area contributed by atoms with Crippen LogP contribution in [0.15, 0.2) is 24.5 Å². The van der Waals surface area contributed by atoms with Crippen molar-refractivity contribution in [1.82, 2.24) is 10.3 Å². The zero-order valence-electron chi connectivity index (χ0n) is 8.07. The molecule has 1 amide bonds. The Labute approximate surface area is 83.5 Å². The zero-order chi connectivity index (χ0) is 10.2. The fraction of sp³-hybridized carbons (Fsp3) is 0.400. The molecule has 0 aliphatic heterocycles. The van der Waals surface area contributed by atoms with Crippen LogP contribution in [-0.2, 0) is 11.2 Å². The molecule has 0 unspecified atom stereocenters. The number of aromatic nitrogens is 1. The minimum atomic E-state index is 0.0199. The van der Waals surface area contributed by atoms with E-state index in [2.05, 4.69) is 10.3 Å². The number of carbonyl (C=O) groups excluding carboxylic acids is 1. The molecule has 0 aliphatic rings. The Bertz CT molecular complexity index is 274. The molecule has 0 saturated carbocycles. The van der Waals surface area contributed by atoms with Crippen molar-refractivity contribution in [1.29, 1.82) is 0 Å². The second-order valence-electron chi connectivity index (χ2n) is 3.03. The van der Waals surface area contributed by atoms with E-state index in [0.29, 0.717) is 19.5 Å². The molecule has 0 spiro atoms. The van der Waals surface area contributed by atoms with Crippen molar-refractivity contribution in [2.75, 3.05) is 13.1 Å². The molecule has 0 fully saturated rings. The third-order valence-corrected chi connectivity index (χ3v) is 1.79. The lowest BCUT2D eigenvalue weighted by Crippen LogP contribution is -2.27. The fourth-order valence-corrected chi connectivity index (χ4v) is 1.08. The van der Waals surface area contributed by atoms with Gasteiger partial charge in [-0.15, -0.1) is 0 Å². The van der Waals surface area contributed by atoms with Crippen molar-refractivity contribution in [3.8, 4) is 0 Å². The molecule has 0 atom stereocenters. The Kier molecular flexibility index (Phi) is 4.64. The van der Waals surface area contributed by atoms with Gasteiger partial charge in [0.1, 0.15) is 0 Å². The third-order valence-electron chi connectivity index (χ3n) is 1.79. The zero-order valence-corrected chi connectivity index (χ0v) is 8.07. The van der Waals surface area contributed by atoms with E-state index in [1.165, 1.54) is 0 Å². The van der Waals surface area contributed by atoms with Gasteiger partial charge < -0.3 is 11.1 Å². The van der Waals surface area contributed by atoms with Crippen LogP contribution >= 0.6 is 0 Å². The first kappa shape index (κ1) is 10.7. The standard InChI is InChI=1S/C10H15N3O/c11-4-2-6-13-10(14)7-9-3-1-5-12-8-9/h1,3,5,8H,2,4,6-7,11H2,(H,13,14). The third kappa shape index (κ3) is 4.00. The molecule has 4 nitrogen and oxygen atoms in total. The maximum atomic E-state index is 11.3. The first-order valence-corrected chi connectivity index (χ1v) is 4.68. The summed E-state index contributed by atoms with van der Waals surface area (Å²) in [6, 6.07) is 3.71. The van der Waals surface area contributed by atoms with Gasteiger partial charge in [-0.2, -0.15) is 0 Å². The van der Waals surface area contributed by atoms with E-state index in [1.54, 1.807) is 12.4 Å². The SMILES string of the molecule is NCCCNC(=O)Cc1cccnc1. The molecule has 0 radical (unpaired) electrons. The summed E-state index contributed by atoms with van der Waals surface area (Å²) in [4.78, 5) is 15.2. The molecule has 4 heteroatoms. The van der Waals surface area contributed by atoms with Crippen LogP contribution in [0.25, 0.3) is 0 Å². The highest BCUT2D eigenvalue weighted by Crippen LogP contribution is 1.96. The van der Waals surface area contributed by atoms with Crippen molar-refractivity contribution in [2.45, 2.75) is 12.8 Å². The average Bonchev–Trinajstić information content (AvgIpc) is 2.20. The van der Waals surface area contributed by atoms with E-state index in [1.807, 2.05) is 12.1 Å². The minimum absolute atomic E-state index is 0.0199.